The molecule has 102 valence electrons. The highest BCUT2D eigenvalue weighted by Gasteiger charge is 2.17. The average molecular weight is 260 g/mol. The third-order valence-corrected chi connectivity index (χ3v) is 2.96. The molecule has 0 spiro atoms. The van der Waals surface area contributed by atoms with Crippen LogP contribution in [0.1, 0.15) is 38.3 Å². The second kappa shape index (κ2) is 6.24. The summed E-state index contributed by atoms with van der Waals surface area (Å²) in [6.07, 6.45) is 0.645. The van der Waals surface area contributed by atoms with Crippen LogP contribution < -0.4 is 4.74 Å². The Morgan fingerprint density at radius 2 is 2.16 bits per heavy atom. The Balaban J connectivity index is 2.82. The number of aryl methyl sites for hydroxylation is 1. The SMILES string of the molecule is CC(=NO)c1cc(C)ccc1OCCC(C)(C)C#N. The summed E-state index contributed by atoms with van der Waals surface area (Å²) < 4.78 is 5.71. The zero-order valence-electron chi connectivity index (χ0n) is 11.9. The topological polar surface area (TPSA) is 65.6 Å². The minimum absolute atomic E-state index is 0.398. The molecule has 1 N–H and O–H groups in total. The molecule has 0 bridgehead atoms. The third-order valence-electron chi connectivity index (χ3n) is 2.96. The highest BCUT2D eigenvalue weighted by atomic mass is 16.5. The maximum absolute atomic E-state index is 8.95. The predicted octanol–water partition coefficient (Wildman–Crippen LogP) is 3.51. The fraction of sp³-hybridized carbons (Fsp3) is 0.467. The molecule has 0 aliphatic carbocycles. The smallest absolute Gasteiger partial charge is 0.128 e. The predicted molar refractivity (Wildman–Crippen MR) is 74.7 cm³/mol. The maximum atomic E-state index is 8.95. The standard InChI is InChI=1S/C15H20N2O2/c1-11-5-6-14(13(9-11)12(2)17-18)19-8-7-15(3,4)10-16/h5-6,9,18H,7-8H2,1-4H3. The molecule has 4 nitrogen and oxygen atoms in total. The van der Waals surface area contributed by atoms with Gasteiger partial charge in [-0.05, 0) is 46.2 Å². The van der Waals surface area contributed by atoms with Crippen LogP contribution in [0.3, 0.4) is 0 Å². The number of rotatable bonds is 5. The number of nitrogens with zero attached hydrogens (tertiary/aromatic N) is 2. The molecule has 1 aromatic carbocycles. The quantitative estimate of drug-likeness (QED) is 0.500. The van der Waals surface area contributed by atoms with Crippen molar-refractivity contribution in [1.29, 1.82) is 5.26 Å². The maximum Gasteiger partial charge on any atom is 0.128 e. The largest absolute Gasteiger partial charge is 0.493 e. The fourth-order valence-electron chi connectivity index (χ4n) is 1.58. The van der Waals surface area contributed by atoms with Gasteiger partial charge >= 0.3 is 0 Å². The van der Waals surface area contributed by atoms with E-state index >= 15 is 0 Å². The monoisotopic (exact) mass is 260 g/mol. The van der Waals surface area contributed by atoms with Crippen molar-refractivity contribution >= 4 is 5.71 Å². The van der Waals surface area contributed by atoms with Crippen molar-refractivity contribution in [1.82, 2.24) is 0 Å². The van der Waals surface area contributed by atoms with E-state index in [1.807, 2.05) is 39.0 Å². The molecule has 0 aliphatic heterocycles. The molecule has 0 amide bonds. The van der Waals surface area contributed by atoms with Crippen LogP contribution in [0.5, 0.6) is 5.75 Å². The summed E-state index contributed by atoms with van der Waals surface area (Å²) in [5.74, 6) is 0.676. The van der Waals surface area contributed by atoms with Crippen LogP contribution in [-0.2, 0) is 0 Å². The van der Waals surface area contributed by atoms with Gasteiger partial charge in [-0.3, -0.25) is 0 Å². The van der Waals surface area contributed by atoms with Gasteiger partial charge in [0, 0.05) is 5.56 Å². The zero-order valence-corrected chi connectivity index (χ0v) is 11.9. The lowest BCUT2D eigenvalue weighted by Gasteiger charge is -2.17. The number of nitriles is 1. The van der Waals surface area contributed by atoms with Crippen molar-refractivity contribution in [3.05, 3.63) is 29.3 Å². The van der Waals surface area contributed by atoms with Crippen molar-refractivity contribution in [2.45, 2.75) is 34.1 Å². The summed E-state index contributed by atoms with van der Waals surface area (Å²) in [5.41, 5.74) is 1.96. The lowest BCUT2D eigenvalue weighted by atomic mass is 9.92. The van der Waals surface area contributed by atoms with E-state index in [0.717, 1.165) is 11.1 Å². The zero-order chi connectivity index (χ0) is 14.5. The lowest BCUT2D eigenvalue weighted by Crippen LogP contribution is -2.14. The van der Waals surface area contributed by atoms with E-state index in [2.05, 4.69) is 11.2 Å². The molecule has 0 radical (unpaired) electrons. The second-order valence-corrected chi connectivity index (χ2v) is 5.28. The molecule has 19 heavy (non-hydrogen) atoms. The summed E-state index contributed by atoms with van der Waals surface area (Å²) in [5, 5.41) is 21.1. The average Bonchev–Trinajstić information content (AvgIpc) is 2.39. The van der Waals surface area contributed by atoms with Gasteiger partial charge in [-0.25, -0.2) is 0 Å². The molecule has 0 aromatic heterocycles. The lowest BCUT2D eigenvalue weighted by molar-refractivity contribution is 0.263. The van der Waals surface area contributed by atoms with Crippen molar-refractivity contribution < 1.29 is 9.94 Å². The van der Waals surface area contributed by atoms with E-state index in [1.165, 1.54) is 0 Å². The molecule has 0 atom stereocenters. The summed E-state index contributed by atoms with van der Waals surface area (Å²) in [7, 11) is 0. The minimum atomic E-state index is -0.398. The van der Waals surface area contributed by atoms with Gasteiger partial charge in [0.2, 0.25) is 0 Å². The molecular formula is C15H20N2O2. The van der Waals surface area contributed by atoms with Gasteiger partial charge in [0.05, 0.1) is 23.8 Å². The Labute approximate surface area is 114 Å². The van der Waals surface area contributed by atoms with Crippen LogP contribution in [0.25, 0.3) is 0 Å². The molecule has 0 fully saturated rings. The fourth-order valence-corrected chi connectivity index (χ4v) is 1.58. The Hall–Kier alpha value is -2.02. The highest BCUT2D eigenvalue weighted by molar-refractivity contribution is 6.00. The molecule has 0 aliphatic rings. The summed E-state index contributed by atoms with van der Waals surface area (Å²) >= 11 is 0. The number of hydrogen-bond acceptors (Lipinski definition) is 4. The molecule has 0 saturated carbocycles. The van der Waals surface area contributed by atoms with E-state index in [9.17, 15) is 0 Å². The van der Waals surface area contributed by atoms with Crippen molar-refractivity contribution in [3.8, 4) is 11.8 Å². The van der Waals surface area contributed by atoms with Gasteiger partial charge in [0.1, 0.15) is 5.75 Å². The minimum Gasteiger partial charge on any atom is -0.493 e. The number of benzene rings is 1. The number of ether oxygens (including phenoxy) is 1. The van der Waals surface area contributed by atoms with E-state index in [-0.39, 0.29) is 0 Å². The van der Waals surface area contributed by atoms with Gasteiger partial charge < -0.3 is 9.94 Å². The first kappa shape index (κ1) is 15.0. The number of hydrogen-bond donors (Lipinski definition) is 1. The van der Waals surface area contributed by atoms with Crippen LogP contribution in [0.2, 0.25) is 0 Å². The second-order valence-electron chi connectivity index (χ2n) is 5.28. The van der Waals surface area contributed by atoms with Crippen LogP contribution in [0, 0.1) is 23.7 Å². The van der Waals surface area contributed by atoms with E-state index < -0.39 is 5.41 Å². The normalized spacial score (nSPS) is 12.1. The first-order valence-electron chi connectivity index (χ1n) is 6.23. The van der Waals surface area contributed by atoms with E-state index in [0.29, 0.717) is 24.5 Å². The van der Waals surface area contributed by atoms with E-state index in [1.54, 1.807) is 6.92 Å². The van der Waals surface area contributed by atoms with Gasteiger partial charge in [-0.1, -0.05) is 16.8 Å². The van der Waals surface area contributed by atoms with Crippen molar-refractivity contribution in [2.24, 2.45) is 10.6 Å². The van der Waals surface area contributed by atoms with Gasteiger partial charge in [0.15, 0.2) is 0 Å². The third kappa shape index (κ3) is 4.29. The molecule has 0 saturated heterocycles. The molecule has 0 heterocycles. The van der Waals surface area contributed by atoms with E-state index in [4.69, 9.17) is 15.2 Å². The van der Waals surface area contributed by atoms with Crippen molar-refractivity contribution in [3.63, 3.8) is 0 Å². The van der Waals surface area contributed by atoms with Gasteiger partial charge in [-0.2, -0.15) is 5.26 Å². The summed E-state index contributed by atoms with van der Waals surface area (Å²) in [6.45, 7) is 7.91. The van der Waals surface area contributed by atoms with Crippen molar-refractivity contribution in [2.75, 3.05) is 6.61 Å². The first-order valence-corrected chi connectivity index (χ1v) is 6.23. The van der Waals surface area contributed by atoms with Crippen LogP contribution in [0.4, 0.5) is 0 Å². The van der Waals surface area contributed by atoms with Gasteiger partial charge in [-0.15, -0.1) is 0 Å². The first-order chi connectivity index (χ1) is 8.89. The Morgan fingerprint density at radius 3 is 2.74 bits per heavy atom. The number of oxime groups is 1. The Bertz CT molecular complexity index is 513. The van der Waals surface area contributed by atoms with Gasteiger partial charge in [0.25, 0.3) is 0 Å². The molecular weight excluding hydrogens is 240 g/mol. The highest BCUT2D eigenvalue weighted by Crippen LogP contribution is 2.23. The Morgan fingerprint density at radius 1 is 1.47 bits per heavy atom. The van der Waals surface area contributed by atoms with Crippen LogP contribution in [0.15, 0.2) is 23.4 Å². The molecule has 4 heteroatoms. The summed E-state index contributed by atoms with van der Waals surface area (Å²) in [6, 6.07) is 7.96. The molecule has 1 rings (SSSR count). The Kier molecular flexibility index (Phi) is 4.94. The summed E-state index contributed by atoms with van der Waals surface area (Å²) in [4.78, 5) is 0. The van der Waals surface area contributed by atoms with Crippen LogP contribution >= 0.6 is 0 Å². The molecule has 0 unspecified atom stereocenters. The van der Waals surface area contributed by atoms with Crippen LogP contribution in [-0.4, -0.2) is 17.5 Å². The molecule has 1 aromatic rings.